The van der Waals surface area contributed by atoms with Gasteiger partial charge in [0.05, 0.1) is 19.3 Å². The van der Waals surface area contributed by atoms with E-state index < -0.39 is 23.0 Å². The van der Waals surface area contributed by atoms with Crippen LogP contribution in [-0.4, -0.2) is 87.2 Å². The smallest absolute Gasteiger partial charge is 0.350 e. The first-order valence-corrected chi connectivity index (χ1v) is 19.9. The van der Waals surface area contributed by atoms with E-state index in [2.05, 4.69) is 76.7 Å². The maximum Gasteiger partial charge on any atom is 0.350 e. The molecule has 6 unspecified atom stereocenters. The van der Waals surface area contributed by atoms with Gasteiger partial charge in [-0.05, 0) is 87.2 Å². The topological polar surface area (TPSA) is 171 Å². The fourth-order valence-electron chi connectivity index (χ4n) is 8.66. The van der Waals surface area contributed by atoms with E-state index in [1.54, 1.807) is 13.1 Å². The van der Waals surface area contributed by atoms with Crippen LogP contribution in [0.1, 0.15) is 86.1 Å². The summed E-state index contributed by atoms with van der Waals surface area (Å²) in [5.41, 5.74) is 7.00. The number of ether oxygens (including phenoxy) is 2. The van der Waals surface area contributed by atoms with E-state index in [0.29, 0.717) is 43.5 Å². The number of esters is 1. The van der Waals surface area contributed by atoms with Gasteiger partial charge in [-0.2, -0.15) is 0 Å². The second-order valence-electron chi connectivity index (χ2n) is 15.8. The minimum atomic E-state index is -2.05. The van der Waals surface area contributed by atoms with Crippen molar-refractivity contribution in [3.8, 4) is 0 Å². The number of carbonyl (C=O) groups is 3. The molecule has 0 bridgehead atoms. The standard InChI is InChI=1S/C43H59N7O5/c1-7-47-34-22-29-12-9-8-11-28(29)21-32(34)24-54-40(53)43-39(52)37-31(19-26(2)3)13-10-14-33(37)38(51)42(43,55-43)17-15-27(4)20-35(50-41(44)46-6)30-16-18-48-36(23-30)49-25-45-5/h9-10,12-16,22-23,26,28,32,34-35,45,47-49H,7-8,11,17-21,24-25H2,1-6H3,(H3,44,46,50). The number of ketones is 2. The summed E-state index contributed by atoms with van der Waals surface area (Å²) in [6.07, 6.45) is 16.8. The molecule has 0 radical (unpaired) electrons. The Morgan fingerprint density at radius 2 is 2.05 bits per heavy atom. The van der Waals surface area contributed by atoms with Crippen LogP contribution >= 0.6 is 0 Å². The number of nitrogens with one attached hydrogen (secondary N) is 5. The minimum Gasteiger partial charge on any atom is -0.463 e. The Morgan fingerprint density at radius 3 is 2.80 bits per heavy atom. The number of nitrogens with zero attached hydrogens (tertiary/aromatic N) is 1. The molecule has 6 atom stereocenters. The van der Waals surface area contributed by atoms with Crippen molar-refractivity contribution in [2.75, 3.05) is 40.5 Å². The lowest BCUT2D eigenvalue weighted by molar-refractivity contribution is -0.150. The molecule has 1 aromatic rings. The molecule has 1 fully saturated rings. The Hall–Kier alpha value is -4.52. The number of dihydropyridines is 1. The van der Waals surface area contributed by atoms with Crippen molar-refractivity contribution in [1.29, 1.82) is 0 Å². The molecule has 1 saturated heterocycles. The molecule has 0 amide bonds. The third-order valence-corrected chi connectivity index (χ3v) is 11.5. The van der Waals surface area contributed by atoms with E-state index in [9.17, 15) is 14.4 Å². The van der Waals surface area contributed by atoms with Crippen LogP contribution in [0.2, 0.25) is 0 Å². The average molecular weight is 754 g/mol. The molecular formula is C43H59N7O5. The number of hydrogen-bond donors (Lipinski definition) is 6. The Labute approximate surface area is 325 Å². The average Bonchev–Trinajstić information content (AvgIpc) is 3.89. The molecule has 55 heavy (non-hydrogen) atoms. The summed E-state index contributed by atoms with van der Waals surface area (Å²) in [7, 11) is 3.50. The molecule has 5 aliphatic rings. The fourth-order valence-corrected chi connectivity index (χ4v) is 8.66. The van der Waals surface area contributed by atoms with Gasteiger partial charge in [-0.25, -0.2) is 4.79 Å². The van der Waals surface area contributed by atoms with Crippen molar-refractivity contribution in [2.24, 2.45) is 28.5 Å². The highest BCUT2D eigenvalue weighted by molar-refractivity contribution is 6.33. The maximum atomic E-state index is 14.8. The van der Waals surface area contributed by atoms with Crippen LogP contribution in [0.3, 0.4) is 0 Å². The summed E-state index contributed by atoms with van der Waals surface area (Å²) in [6, 6.07) is 5.15. The van der Waals surface area contributed by atoms with Gasteiger partial charge in [-0.1, -0.05) is 74.9 Å². The van der Waals surface area contributed by atoms with Crippen molar-refractivity contribution in [3.63, 3.8) is 0 Å². The predicted molar refractivity (Wildman–Crippen MR) is 215 cm³/mol. The lowest BCUT2D eigenvalue weighted by atomic mass is 9.70. The number of likely N-dealkylation sites (N-methyl/N-ethyl adjacent to an activating group) is 1. The zero-order valence-electron chi connectivity index (χ0n) is 33.2. The van der Waals surface area contributed by atoms with Crippen LogP contribution in [0.25, 0.3) is 0 Å². The minimum absolute atomic E-state index is 0.0184. The number of fused-ring (bicyclic) bond motifs is 3. The Kier molecular flexibility index (Phi) is 12.5. The largest absolute Gasteiger partial charge is 0.463 e. The van der Waals surface area contributed by atoms with Gasteiger partial charge in [-0.3, -0.25) is 14.6 Å². The number of aliphatic imine (C=N–C) groups is 1. The molecule has 2 heterocycles. The zero-order valence-corrected chi connectivity index (χ0v) is 33.2. The van der Waals surface area contributed by atoms with Gasteiger partial charge >= 0.3 is 5.97 Å². The molecule has 296 valence electrons. The first kappa shape index (κ1) is 40.2. The number of nitrogens with two attached hydrogens (primary N) is 1. The zero-order chi connectivity index (χ0) is 39.3. The molecule has 12 heteroatoms. The first-order chi connectivity index (χ1) is 26.5. The molecular weight excluding hydrogens is 695 g/mol. The highest BCUT2D eigenvalue weighted by atomic mass is 16.7. The third-order valence-electron chi connectivity index (χ3n) is 11.5. The molecule has 0 spiro atoms. The number of hydrogen-bond acceptors (Lipinski definition) is 10. The Balaban J connectivity index is 1.29. The molecule has 1 aromatic carbocycles. The summed E-state index contributed by atoms with van der Waals surface area (Å²) in [5, 5.41) is 16.6. The SMILES string of the molecule is CCNC1C=C2C=CCCC2CC1COC(=O)C12OC1(CC=C(C)CC(NC(N)=NC)C1=CCNC(NCNC)=C1)C(=O)c1cccc(CC(C)C)c1C2=O. The van der Waals surface area contributed by atoms with E-state index >= 15 is 0 Å². The molecule has 6 rings (SSSR count). The van der Waals surface area contributed by atoms with Gasteiger partial charge in [0.2, 0.25) is 5.78 Å². The number of guanidine groups is 1. The van der Waals surface area contributed by atoms with Crippen LogP contribution in [-0.2, 0) is 20.7 Å². The predicted octanol–water partition coefficient (Wildman–Crippen LogP) is 3.97. The normalized spacial score (nSPS) is 27.8. The van der Waals surface area contributed by atoms with Crippen LogP contribution < -0.4 is 32.3 Å². The number of carbonyl (C=O) groups excluding carboxylic acids is 3. The van der Waals surface area contributed by atoms with Gasteiger partial charge in [0.15, 0.2) is 17.3 Å². The lowest BCUT2D eigenvalue weighted by Crippen LogP contribution is -2.51. The van der Waals surface area contributed by atoms with E-state index in [1.807, 2.05) is 38.3 Å². The third kappa shape index (κ3) is 8.08. The number of Topliss-reactive ketones (excluding diaryl/α,β-unsaturated/α-hetero) is 2. The summed E-state index contributed by atoms with van der Waals surface area (Å²) >= 11 is 0. The maximum absolute atomic E-state index is 14.8. The van der Waals surface area contributed by atoms with E-state index in [4.69, 9.17) is 15.2 Å². The van der Waals surface area contributed by atoms with Gasteiger partial charge < -0.3 is 41.8 Å². The van der Waals surface area contributed by atoms with E-state index in [1.165, 1.54) is 5.57 Å². The molecule has 0 saturated carbocycles. The van der Waals surface area contributed by atoms with Gasteiger partial charge in [0.1, 0.15) is 5.82 Å². The fraction of sp³-hybridized carbons (Fsp3) is 0.535. The molecule has 2 aliphatic heterocycles. The molecule has 7 N–H and O–H groups in total. The monoisotopic (exact) mass is 753 g/mol. The number of epoxide rings is 1. The highest BCUT2D eigenvalue weighted by Gasteiger charge is 2.85. The van der Waals surface area contributed by atoms with Crippen LogP contribution in [0.4, 0.5) is 0 Å². The van der Waals surface area contributed by atoms with Crippen molar-refractivity contribution >= 4 is 23.5 Å². The summed E-state index contributed by atoms with van der Waals surface area (Å²) in [6.45, 7) is 10.3. The lowest BCUT2D eigenvalue weighted by Gasteiger charge is -2.36. The van der Waals surface area contributed by atoms with Crippen molar-refractivity contribution in [3.05, 3.63) is 93.9 Å². The van der Waals surface area contributed by atoms with Crippen LogP contribution in [0.5, 0.6) is 0 Å². The molecule has 0 aromatic heterocycles. The molecule has 3 aliphatic carbocycles. The van der Waals surface area contributed by atoms with Crippen molar-refractivity contribution in [2.45, 2.75) is 89.5 Å². The van der Waals surface area contributed by atoms with Gasteiger partial charge in [-0.15, -0.1) is 0 Å². The first-order valence-electron chi connectivity index (χ1n) is 19.9. The van der Waals surface area contributed by atoms with Crippen molar-refractivity contribution in [1.82, 2.24) is 26.6 Å². The summed E-state index contributed by atoms with van der Waals surface area (Å²) in [4.78, 5) is 48.0. The second-order valence-corrected chi connectivity index (χ2v) is 15.8. The Morgan fingerprint density at radius 1 is 1.24 bits per heavy atom. The highest BCUT2D eigenvalue weighted by Crippen LogP contribution is 2.59. The van der Waals surface area contributed by atoms with Gasteiger partial charge in [0, 0.05) is 43.1 Å². The second kappa shape index (κ2) is 17.1. The number of rotatable bonds is 16. The van der Waals surface area contributed by atoms with Crippen LogP contribution in [0.15, 0.2) is 82.2 Å². The van der Waals surface area contributed by atoms with E-state index in [-0.39, 0.29) is 48.3 Å². The summed E-state index contributed by atoms with van der Waals surface area (Å²) in [5.74, 6) is 0.185. The van der Waals surface area contributed by atoms with Crippen LogP contribution in [0, 0.1) is 17.8 Å². The van der Waals surface area contributed by atoms with Crippen molar-refractivity contribution < 1.29 is 23.9 Å². The quantitative estimate of drug-likeness (QED) is 0.0275. The number of allylic oxidation sites excluding steroid dienone is 3. The molecule has 12 nitrogen and oxygen atoms in total. The Bertz CT molecular complexity index is 1840. The van der Waals surface area contributed by atoms with E-state index in [0.717, 1.165) is 48.3 Å². The van der Waals surface area contributed by atoms with Gasteiger partial charge in [0.25, 0.3) is 5.60 Å². The summed E-state index contributed by atoms with van der Waals surface area (Å²) < 4.78 is 12.5. The number of benzene rings is 1.